The third-order valence-corrected chi connectivity index (χ3v) is 2.81. The molecule has 0 aromatic carbocycles. The molecule has 0 aromatic heterocycles. The normalized spacial score (nSPS) is 20.2. The summed E-state index contributed by atoms with van der Waals surface area (Å²) in [6, 6.07) is -1.90. The molecule has 1 aliphatic rings. The van der Waals surface area contributed by atoms with E-state index in [0.29, 0.717) is 0 Å². The number of hydroxylamine groups is 1. The minimum Gasteiger partial charge on any atom is -0.320 e. The summed E-state index contributed by atoms with van der Waals surface area (Å²) in [5.74, 6) is 0. The summed E-state index contributed by atoms with van der Waals surface area (Å²) >= 11 is 0. The molecule has 0 saturated carbocycles. The van der Waals surface area contributed by atoms with E-state index in [0.717, 1.165) is 6.92 Å². The van der Waals surface area contributed by atoms with Crippen molar-refractivity contribution in [3.8, 4) is 0 Å². The molecular weight excluding hydrogens is 239 g/mol. The van der Waals surface area contributed by atoms with Gasteiger partial charge in [0.15, 0.2) is 0 Å². The largest absolute Gasteiger partial charge is 0.403 e. The maximum Gasteiger partial charge on any atom is 0.403 e. The Balaban J connectivity index is 2.43. The number of carbonyl (C=O) groups excluding carboxylic acids is 1. The molecule has 1 saturated heterocycles. The van der Waals surface area contributed by atoms with Gasteiger partial charge in [0.1, 0.15) is 6.04 Å². The van der Waals surface area contributed by atoms with Gasteiger partial charge in [-0.05, 0) is 6.92 Å². The van der Waals surface area contributed by atoms with E-state index in [1.165, 1.54) is 16.9 Å². The molecule has 5 nitrogen and oxygen atoms in total. The van der Waals surface area contributed by atoms with E-state index < -0.39 is 18.2 Å². The van der Waals surface area contributed by atoms with Gasteiger partial charge in [0, 0.05) is 26.2 Å². The van der Waals surface area contributed by atoms with Crippen LogP contribution in [0.15, 0.2) is 0 Å². The summed E-state index contributed by atoms with van der Waals surface area (Å²) in [5, 5.41) is 0. The first-order chi connectivity index (χ1) is 7.86. The molecule has 1 unspecified atom stereocenters. The Bertz CT molecular complexity index is 265. The zero-order chi connectivity index (χ0) is 13.1. The number of hydrogen-bond donors (Lipinski definition) is 1. The first-order valence-corrected chi connectivity index (χ1v) is 5.25. The molecule has 8 heteroatoms. The number of carbonyl (C=O) groups is 1. The maximum atomic E-state index is 12.5. The van der Waals surface area contributed by atoms with Gasteiger partial charge >= 0.3 is 12.2 Å². The number of piperazine rings is 1. The van der Waals surface area contributed by atoms with Crippen molar-refractivity contribution in [2.45, 2.75) is 19.1 Å². The molecule has 1 atom stereocenters. The fourth-order valence-corrected chi connectivity index (χ4v) is 1.67. The first kappa shape index (κ1) is 14.0. The molecular formula is C9H16F3N3O2. The molecule has 1 aliphatic heterocycles. The summed E-state index contributed by atoms with van der Waals surface area (Å²) < 4.78 is 37.4. The molecule has 1 rings (SSSR count). The van der Waals surface area contributed by atoms with Gasteiger partial charge in [-0.25, -0.2) is 10.3 Å². The lowest BCUT2D eigenvalue weighted by Crippen LogP contribution is -2.56. The quantitative estimate of drug-likeness (QED) is 0.743. The van der Waals surface area contributed by atoms with Gasteiger partial charge < -0.3 is 4.90 Å². The van der Waals surface area contributed by atoms with Crippen LogP contribution in [0.3, 0.4) is 0 Å². The summed E-state index contributed by atoms with van der Waals surface area (Å²) in [5.41, 5.74) is 2.14. The van der Waals surface area contributed by atoms with Gasteiger partial charge in [0.2, 0.25) is 0 Å². The van der Waals surface area contributed by atoms with E-state index in [2.05, 4.69) is 10.3 Å². The van der Waals surface area contributed by atoms with E-state index in [1.54, 1.807) is 0 Å². The molecule has 0 aliphatic carbocycles. The fourth-order valence-electron chi connectivity index (χ4n) is 1.67. The molecule has 100 valence electrons. The van der Waals surface area contributed by atoms with Crippen LogP contribution >= 0.6 is 0 Å². The molecule has 1 heterocycles. The van der Waals surface area contributed by atoms with Gasteiger partial charge in [0.25, 0.3) is 0 Å². The Hall–Kier alpha value is -1.02. The number of nitrogens with zero attached hydrogens (tertiary/aromatic N) is 2. The lowest BCUT2D eigenvalue weighted by molar-refractivity contribution is -0.181. The predicted molar refractivity (Wildman–Crippen MR) is 54.2 cm³/mol. The third-order valence-electron chi connectivity index (χ3n) is 2.81. The highest BCUT2D eigenvalue weighted by Gasteiger charge is 2.41. The number of nitrogens with one attached hydrogen (secondary N) is 1. The summed E-state index contributed by atoms with van der Waals surface area (Å²) in [6.45, 7) is 2.06. The zero-order valence-electron chi connectivity index (χ0n) is 9.75. The Morgan fingerprint density at radius 2 is 1.82 bits per heavy atom. The number of urea groups is 1. The lowest BCUT2D eigenvalue weighted by Gasteiger charge is -2.38. The second-order valence-electron chi connectivity index (χ2n) is 3.85. The van der Waals surface area contributed by atoms with Gasteiger partial charge in [-0.3, -0.25) is 9.74 Å². The second kappa shape index (κ2) is 5.54. The van der Waals surface area contributed by atoms with Crippen LogP contribution in [-0.2, 0) is 4.84 Å². The SMILES string of the molecule is CONC(=O)N1CCN(C(C)C(F)(F)F)CC1. The molecule has 0 bridgehead atoms. The molecule has 0 spiro atoms. The minimum atomic E-state index is -4.23. The Morgan fingerprint density at radius 1 is 1.29 bits per heavy atom. The summed E-state index contributed by atoms with van der Waals surface area (Å²) in [7, 11) is 1.31. The maximum absolute atomic E-state index is 12.5. The highest BCUT2D eigenvalue weighted by atomic mass is 19.4. The van der Waals surface area contributed by atoms with Crippen LogP contribution < -0.4 is 5.48 Å². The van der Waals surface area contributed by atoms with Crippen molar-refractivity contribution in [2.24, 2.45) is 0 Å². The number of rotatable bonds is 2. The monoisotopic (exact) mass is 255 g/mol. The zero-order valence-corrected chi connectivity index (χ0v) is 9.75. The van der Waals surface area contributed by atoms with Crippen LogP contribution in [0.25, 0.3) is 0 Å². The number of halogens is 3. The Labute approximate surface area is 97.4 Å². The van der Waals surface area contributed by atoms with Crippen molar-refractivity contribution < 1.29 is 22.8 Å². The summed E-state index contributed by atoms with van der Waals surface area (Å²) in [6.07, 6.45) is -4.23. The number of hydrogen-bond acceptors (Lipinski definition) is 3. The first-order valence-electron chi connectivity index (χ1n) is 5.25. The van der Waals surface area contributed by atoms with Gasteiger partial charge in [-0.2, -0.15) is 13.2 Å². The molecule has 0 radical (unpaired) electrons. The van der Waals surface area contributed by atoms with Crippen LogP contribution in [0.4, 0.5) is 18.0 Å². The highest BCUT2D eigenvalue weighted by molar-refractivity contribution is 5.73. The Kier molecular flexibility index (Phi) is 4.58. The molecule has 2 amide bonds. The number of alkyl halides is 3. The van der Waals surface area contributed by atoms with Crippen molar-refractivity contribution in [1.29, 1.82) is 0 Å². The third kappa shape index (κ3) is 3.74. The van der Waals surface area contributed by atoms with Crippen molar-refractivity contribution >= 4 is 6.03 Å². The van der Waals surface area contributed by atoms with E-state index in [9.17, 15) is 18.0 Å². The van der Waals surface area contributed by atoms with Gasteiger partial charge in [-0.15, -0.1) is 0 Å². The molecule has 1 fully saturated rings. The Morgan fingerprint density at radius 3 is 2.24 bits per heavy atom. The van der Waals surface area contributed by atoms with Crippen LogP contribution in [-0.4, -0.2) is 61.3 Å². The lowest BCUT2D eigenvalue weighted by atomic mass is 10.2. The van der Waals surface area contributed by atoms with E-state index in [1.807, 2.05) is 0 Å². The van der Waals surface area contributed by atoms with Gasteiger partial charge in [-0.1, -0.05) is 0 Å². The topological polar surface area (TPSA) is 44.8 Å². The standard InChI is InChI=1S/C9H16F3N3O2/c1-7(9(10,11)12)14-3-5-15(6-4-14)8(16)13-17-2/h7H,3-6H2,1-2H3,(H,13,16). The molecule has 1 N–H and O–H groups in total. The highest BCUT2D eigenvalue weighted by Crippen LogP contribution is 2.25. The minimum absolute atomic E-state index is 0.206. The van der Waals surface area contributed by atoms with E-state index in [4.69, 9.17) is 0 Å². The van der Waals surface area contributed by atoms with Crippen LogP contribution in [0, 0.1) is 0 Å². The van der Waals surface area contributed by atoms with Crippen LogP contribution in [0.1, 0.15) is 6.92 Å². The van der Waals surface area contributed by atoms with Crippen LogP contribution in [0.5, 0.6) is 0 Å². The average molecular weight is 255 g/mol. The van der Waals surface area contributed by atoms with Crippen molar-refractivity contribution in [3.63, 3.8) is 0 Å². The van der Waals surface area contributed by atoms with E-state index in [-0.39, 0.29) is 26.2 Å². The second-order valence-corrected chi connectivity index (χ2v) is 3.85. The van der Waals surface area contributed by atoms with Crippen LogP contribution in [0.2, 0.25) is 0 Å². The fraction of sp³-hybridized carbons (Fsp3) is 0.889. The van der Waals surface area contributed by atoms with Crippen molar-refractivity contribution in [2.75, 3.05) is 33.3 Å². The number of amides is 2. The molecule has 17 heavy (non-hydrogen) atoms. The smallest absolute Gasteiger partial charge is 0.320 e. The molecule has 0 aromatic rings. The van der Waals surface area contributed by atoms with Crippen molar-refractivity contribution in [3.05, 3.63) is 0 Å². The predicted octanol–water partition coefficient (Wildman–Crippen LogP) is 0.826. The van der Waals surface area contributed by atoms with Crippen molar-refractivity contribution in [1.82, 2.24) is 15.3 Å². The van der Waals surface area contributed by atoms with E-state index >= 15 is 0 Å². The van der Waals surface area contributed by atoms with Gasteiger partial charge in [0.05, 0.1) is 7.11 Å². The summed E-state index contributed by atoms with van der Waals surface area (Å²) in [4.78, 5) is 18.5. The average Bonchev–Trinajstić information content (AvgIpc) is 2.27.